The summed E-state index contributed by atoms with van der Waals surface area (Å²) in [6.45, 7) is 17.4. The quantitative estimate of drug-likeness (QED) is 0.495. The van der Waals surface area contributed by atoms with E-state index in [0.29, 0.717) is 0 Å². The van der Waals surface area contributed by atoms with E-state index in [-0.39, 0.29) is 0 Å². The number of hydrogen-bond donors (Lipinski definition) is 0. The molecule has 1 fully saturated rings. The standard InChI is InChI=1S/C17H35N.C2H6/c1-15(2)9-6-5-7-10-17-11-8-12-18(14-17)13-16(3)4;1-2/h15-17H,5-14H2,1-4H3;1-2H3. The fourth-order valence-corrected chi connectivity index (χ4v) is 3.23. The molecule has 0 spiro atoms. The maximum atomic E-state index is 2.70. The van der Waals surface area contributed by atoms with E-state index in [2.05, 4.69) is 32.6 Å². The first-order valence-corrected chi connectivity index (χ1v) is 9.30. The molecule has 1 heteroatoms. The summed E-state index contributed by atoms with van der Waals surface area (Å²) in [5.74, 6) is 2.72. The minimum Gasteiger partial charge on any atom is -0.303 e. The molecule has 0 aliphatic carbocycles. The van der Waals surface area contributed by atoms with E-state index in [1.807, 2.05) is 13.8 Å². The molecule has 0 N–H and O–H groups in total. The summed E-state index contributed by atoms with van der Waals surface area (Å²) in [5.41, 5.74) is 0. The fraction of sp³-hybridized carbons (Fsp3) is 1.00. The molecule has 1 atom stereocenters. The predicted molar refractivity (Wildman–Crippen MR) is 93.3 cm³/mol. The van der Waals surface area contributed by atoms with Gasteiger partial charge in [-0.15, -0.1) is 0 Å². The van der Waals surface area contributed by atoms with E-state index >= 15 is 0 Å². The van der Waals surface area contributed by atoms with Gasteiger partial charge in [0.2, 0.25) is 0 Å². The van der Waals surface area contributed by atoms with Crippen molar-refractivity contribution in [1.29, 1.82) is 0 Å². The molecular formula is C19H41N. The Hall–Kier alpha value is -0.0400. The third-order valence-corrected chi connectivity index (χ3v) is 4.12. The highest BCUT2D eigenvalue weighted by Crippen LogP contribution is 2.23. The van der Waals surface area contributed by atoms with Crippen LogP contribution in [-0.2, 0) is 0 Å². The van der Waals surface area contributed by atoms with Crippen LogP contribution in [0.2, 0.25) is 0 Å². The Balaban J connectivity index is 0.00000172. The van der Waals surface area contributed by atoms with E-state index in [0.717, 1.165) is 17.8 Å². The highest BCUT2D eigenvalue weighted by Gasteiger charge is 2.19. The van der Waals surface area contributed by atoms with Crippen LogP contribution in [0.5, 0.6) is 0 Å². The van der Waals surface area contributed by atoms with Crippen LogP contribution in [0.3, 0.4) is 0 Å². The Bertz CT molecular complexity index is 198. The van der Waals surface area contributed by atoms with Crippen LogP contribution < -0.4 is 0 Å². The average molecular weight is 284 g/mol. The Labute approximate surface area is 129 Å². The number of likely N-dealkylation sites (tertiary alicyclic amines) is 1. The summed E-state index contributed by atoms with van der Waals surface area (Å²) >= 11 is 0. The molecule has 0 aromatic rings. The highest BCUT2D eigenvalue weighted by molar-refractivity contribution is 4.73. The fourth-order valence-electron chi connectivity index (χ4n) is 3.23. The van der Waals surface area contributed by atoms with Crippen LogP contribution in [0.4, 0.5) is 0 Å². The molecule has 1 nitrogen and oxygen atoms in total. The lowest BCUT2D eigenvalue weighted by atomic mass is 9.91. The van der Waals surface area contributed by atoms with Gasteiger partial charge in [0.15, 0.2) is 0 Å². The Morgan fingerprint density at radius 3 is 2.25 bits per heavy atom. The van der Waals surface area contributed by atoms with Crippen molar-refractivity contribution in [1.82, 2.24) is 4.90 Å². The van der Waals surface area contributed by atoms with Gasteiger partial charge in [0.25, 0.3) is 0 Å². The second-order valence-electron chi connectivity index (χ2n) is 7.19. The summed E-state index contributed by atoms with van der Waals surface area (Å²) < 4.78 is 0. The molecule has 0 aromatic carbocycles. The lowest BCUT2D eigenvalue weighted by Crippen LogP contribution is -2.37. The molecule has 0 saturated carbocycles. The van der Waals surface area contributed by atoms with Crippen molar-refractivity contribution in [3.63, 3.8) is 0 Å². The van der Waals surface area contributed by atoms with Gasteiger partial charge in [0, 0.05) is 13.1 Å². The first kappa shape index (κ1) is 20.0. The van der Waals surface area contributed by atoms with Crippen LogP contribution in [-0.4, -0.2) is 24.5 Å². The summed E-state index contributed by atoms with van der Waals surface area (Å²) in [5, 5.41) is 0. The maximum absolute atomic E-state index is 2.70. The topological polar surface area (TPSA) is 3.24 Å². The third-order valence-electron chi connectivity index (χ3n) is 4.12. The van der Waals surface area contributed by atoms with Gasteiger partial charge in [-0.1, -0.05) is 67.2 Å². The average Bonchev–Trinajstić information content (AvgIpc) is 2.40. The van der Waals surface area contributed by atoms with Gasteiger partial charge in [-0.2, -0.15) is 0 Å². The maximum Gasteiger partial charge on any atom is 0.000978 e. The van der Waals surface area contributed by atoms with Crippen molar-refractivity contribution in [2.45, 2.75) is 86.5 Å². The second kappa shape index (κ2) is 12.7. The third kappa shape index (κ3) is 10.7. The van der Waals surface area contributed by atoms with Crippen LogP contribution in [0.1, 0.15) is 86.5 Å². The van der Waals surface area contributed by atoms with Crippen molar-refractivity contribution in [3.05, 3.63) is 0 Å². The molecular weight excluding hydrogens is 242 g/mol. The van der Waals surface area contributed by atoms with Crippen molar-refractivity contribution in [2.24, 2.45) is 17.8 Å². The van der Waals surface area contributed by atoms with Crippen molar-refractivity contribution in [3.8, 4) is 0 Å². The molecule has 0 aromatic heterocycles. The van der Waals surface area contributed by atoms with Crippen molar-refractivity contribution in [2.75, 3.05) is 19.6 Å². The normalized spacial score (nSPS) is 20.1. The lowest BCUT2D eigenvalue weighted by molar-refractivity contribution is 0.151. The Morgan fingerprint density at radius 1 is 0.950 bits per heavy atom. The van der Waals surface area contributed by atoms with Crippen molar-refractivity contribution < 1.29 is 0 Å². The van der Waals surface area contributed by atoms with E-state index in [1.54, 1.807) is 0 Å². The zero-order valence-electron chi connectivity index (χ0n) is 15.3. The van der Waals surface area contributed by atoms with Gasteiger partial charge in [-0.05, 0) is 43.6 Å². The number of piperidine rings is 1. The van der Waals surface area contributed by atoms with E-state index < -0.39 is 0 Å². The highest BCUT2D eigenvalue weighted by atomic mass is 15.1. The number of nitrogens with zero attached hydrogens (tertiary/aromatic N) is 1. The molecule has 0 bridgehead atoms. The van der Waals surface area contributed by atoms with Crippen LogP contribution >= 0.6 is 0 Å². The molecule has 0 amide bonds. The molecule has 20 heavy (non-hydrogen) atoms. The van der Waals surface area contributed by atoms with Crippen LogP contribution in [0, 0.1) is 17.8 Å². The number of hydrogen-bond acceptors (Lipinski definition) is 1. The smallest absolute Gasteiger partial charge is 0.000978 e. The summed E-state index contributed by atoms with van der Waals surface area (Å²) in [4.78, 5) is 2.70. The van der Waals surface area contributed by atoms with Gasteiger partial charge in [-0.3, -0.25) is 0 Å². The van der Waals surface area contributed by atoms with Crippen molar-refractivity contribution >= 4 is 0 Å². The second-order valence-corrected chi connectivity index (χ2v) is 7.19. The largest absolute Gasteiger partial charge is 0.303 e. The first-order valence-electron chi connectivity index (χ1n) is 9.30. The summed E-state index contributed by atoms with van der Waals surface area (Å²) in [6.07, 6.45) is 10.2. The lowest BCUT2D eigenvalue weighted by Gasteiger charge is -2.33. The Kier molecular flexibility index (Phi) is 12.7. The minimum atomic E-state index is 0.829. The molecule has 0 radical (unpaired) electrons. The first-order chi connectivity index (χ1) is 9.58. The van der Waals surface area contributed by atoms with Gasteiger partial charge in [0.1, 0.15) is 0 Å². The number of unbranched alkanes of at least 4 members (excludes halogenated alkanes) is 2. The molecule has 1 rings (SSSR count). The van der Waals surface area contributed by atoms with Gasteiger partial charge in [-0.25, -0.2) is 0 Å². The van der Waals surface area contributed by atoms with E-state index in [4.69, 9.17) is 0 Å². The van der Waals surface area contributed by atoms with Gasteiger partial charge in [0.05, 0.1) is 0 Å². The molecule has 1 heterocycles. The monoisotopic (exact) mass is 283 g/mol. The predicted octanol–water partition coefficient (Wildman–Crippen LogP) is 5.99. The molecule has 1 aliphatic rings. The van der Waals surface area contributed by atoms with E-state index in [9.17, 15) is 0 Å². The molecule has 1 unspecified atom stereocenters. The molecule has 1 saturated heterocycles. The SMILES string of the molecule is CC.CC(C)CCCCCC1CCCN(CC(C)C)C1. The van der Waals surface area contributed by atoms with E-state index in [1.165, 1.54) is 64.6 Å². The Morgan fingerprint density at radius 2 is 1.65 bits per heavy atom. The zero-order chi connectivity index (χ0) is 15.4. The molecule has 122 valence electrons. The van der Waals surface area contributed by atoms with Crippen LogP contribution in [0.15, 0.2) is 0 Å². The molecule has 1 aliphatic heterocycles. The minimum absolute atomic E-state index is 0.829. The van der Waals surface area contributed by atoms with Gasteiger partial charge < -0.3 is 4.90 Å². The summed E-state index contributed by atoms with van der Waals surface area (Å²) in [6, 6.07) is 0. The zero-order valence-corrected chi connectivity index (χ0v) is 15.3. The number of rotatable bonds is 8. The van der Waals surface area contributed by atoms with Gasteiger partial charge >= 0.3 is 0 Å². The van der Waals surface area contributed by atoms with Crippen LogP contribution in [0.25, 0.3) is 0 Å². The summed E-state index contributed by atoms with van der Waals surface area (Å²) in [7, 11) is 0.